The third kappa shape index (κ3) is 63.2. The first-order valence-corrected chi connectivity index (χ1v) is 35.0. The molecule has 0 spiro atoms. The van der Waals surface area contributed by atoms with Crippen molar-refractivity contribution in [1.82, 2.24) is 0 Å². The lowest BCUT2D eigenvalue weighted by Gasteiger charge is -2.18. The molecule has 76 heavy (non-hydrogen) atoms. The van der Waals surface area contributed by atoms with E-state index in [0.717, 1.165) is 57.8 Å². The molecule has 0 aliphatic heterocycles. The molecule has 0 rings (SSSR count). The fourth-order valence-corrected chi connectivity index (χ4v) is 11.1. The number of esters is 3. The van der Waals surface area contributed by atoms with Gasteiger partial charge in [0.2, 0.25) is 0 Å². The van der Waals surface area contributed by atoms with Gasteiger partial charge in [-0.05, 0) is 19.3 Å². The Bertz CT molecular complexity index is 1140. The van der Waals surface area contributed by atoms with Crippen molar-refractivity contribution in [1.29, 1.82) is 0 Å². The summed E-state index contributed by atoms with van der Waals surface area (Å²) in [5, 5.41) is 0. The molecule has 0 fully saturated rings. The van der Waals surface area contributed by atoms with Crippen molar-refractivity contribution >= 4 is 17.9 Å². The Morgan fingerprint density at radius 3 is 0.526 bits per heavy atom. The molecule has 0 saturated carbocycles. The fraction of sp³-hybridized carbons (Fsp3) is 0.957. The van der Waals surface area contributed by atoms with E-state index in [1.165, 1.54) is 315 Å². The van der Waals surface area contributed by atoms with Gasteiger partial charge in [-0.3, -0.25) is 14.4 Å². The van der Waals surface area contributed by atoms with Crippen LogP contribution in [-0.4, -0.2) is 37.2 Å². The molecule has 0 aliphatic carbocycles. The summed E-state index contributed by atoms with van der Waals surface area (Å²) in [6.45, 7) is 6.74. The van der Waals surface area contributed by atoms with Gasteiger partial charge < -0.3 is 14.2 Å². The van der Waals surface area contributed by atoms with E-state index in [0.29, 0.717) is 19.3 Å². The summed E-state index contributed by atoms with van der Waals surface area (Å²) < 4.78 is 17.0. The monoisotopic (exact) mass is 1070 g/mol. The van der Waals surface area contributed by atoms with Crippen LogP contribution < -0.4 is 0 Å². The van der Waals surface area contributed by atoms with Crippen LogP contribution in [0.25, 0.3) is 0 Å². The van der Waals surface area contributed by atoms with E-state index in [-0.39, 0.29) is 31.1 Å². The number of carbonyl (C=O) groups is 3. The average molecular weight is 1070 g/mol. The van der Waals surface area contributed by atoms with Crippen LogP contribution in [0.1, 0.15) is 412 Å². The second kappa shape index (κ2) is 65.9. The molecule has 0 aromatic heterocycles. The molecule has 1 unspecified atom stereocenters. The van der Waals surface area contributed by atoms with Gasteiger partial charge in [0, 0.05) is 19.3 Å². The Morgan fingerprint density at radius 2 is 0.355 bits per heavy atom. The van der Waals surface area contributed by atoms with E-state index in [2.05, 4.69) is 20.8 Å². The number of unbranched alkanes of at least 4 members (excludes halogenated alkanes) is 55. The van der Waals surface area contributed by atoms with Crippen LogP contribution >= 0.6 is 0 Å². The van der Waals surface area contributed by atoms with Gasteiger partial charge in [0.25, 0.3) is 0 Å². The molecule has 0 aromatic carbocycles. The summed E-state index contributed by atoms with van der Waals surface area (Å²) in [6, 6.07) is 0. The summed E-state index contributed by atoms with van der Waals surface area (Å²) >= 11 is 0. The van der Waals surface area contributed by atoms with Crippen molar-refractivity contribution in [3.8, 4) is 0 Å². The predicted molar refractivity (Wildman–Crippen MR) is 330 cm³/mol. The molecule has 0 radical (unpaired) electrons. The Labute approximate surface area is 476 Å². The third-order valence-electron chi connectivity index (χ3n) is 16.4. The Morgan fingerprint density at radius 1 is 0.211 bits per heavy atom. The van der Waals surface area contributed by atoms with Gasteiger partial charge in [0.1, 0.15) is 13.2 Å². The molecule has 0 N–H and O–H groups in total. The van der Waals surface area contributed by atoms with Gasteiger partial charge >= 0.3 is 17.9 Å². The summed E-state index contributed by atoms with van der Waals surface area (Å²) in [6.07, 6.45) is 77.1. The molecule has 0 heterocycles. The van der Waals surface area contributed by atoms with Crippen molar-refractivity contribution in [3.05, 3.63) is 0 Å². The molecule has 0 saturated heterocycles. The lowest BCUT2D eigenvalue weighted by Crippen LogP contribution is -2.30. The summed E-state index contributed by atoms with van der Waals surface area (Å²) in [7, 11) is 0. The van der Waals surface area contributed by atoms with Crippen LogP contribution in [0.3, 0.4) is 0 Å². The van der Waals surface area contributed by atoms with E-state index in [1.54, 1.807) is 0 Å². The molecule has 1 atom stereocenters. The van der Waals surface area contributed by atoms with Crippen LogP contribution in [0.2, 0.25) is 0 Å². The van der Waals surface area contributed by atoms with Gasteiger partial charge in [-0.25, -0.2) is 0 Å². The molecule has 0 bridgehead atoms. The molecule has 452 valence electrons. The van der Waals surface area contributed by atoms with E-state index in [1.807, 2.05) is 0 Å². The second-order valence-electron chi connectivity index (χ2n) is 24.2. The van der Waals surface area contributed by atoms with Gasteiger partial charge in [0.05, 0.1) is 0 Å². The van der Waals surface area contributed by atoms with E-state index < -0.39 is 6.10 Å². The van der Waals surface area contributed by atoms with Gasteiger partial charge in [-0.15, -0.1) is 0 Å². The molecule has 0 amide bonds. The minimum atomic E-state index is -0.763. The van der Waals surface area contributed by atoms with E-state index >= 15 is 0 Å². The van der Waals surface area contributed by atoms with Crippen LogP contribution in [0, 0.1) is 0 Å². The average Bonchev–Trinajstić information content (AvgIpc) is 3.42. The number of rotatable bonds is 66. The number of hydrogen-bond acceptors (Lipinski definition) is 6. The highest BCUT2D eigenvalue weighted by Crippen LogP contribution is 2.19. The number of carbonyl (C=O) groups excluding carboxylic acids is 3. The Kier molecular flexibility index (Phi) is 64.5. The zero-order valence-electron chi connectivity index (χ0n) is 52.1. The maximum absolute atomic E-state index is 12.9. The minimum absolute atomic E-state index is 0.0603. The van der Waals surface area contributed by atoms with E-state index in [4.69, 9.17) is 14.2 Å². The highest BCUT2D eigenvalue weighted by Gasteiger charge is 2.19. The lowest BCUT2D eigenvalue weighted by molar-refractivity contribution is -0.167. The van der Waals surface area contributed by atoms with Crippen molar-refractivity contribution in [3.63, 3.8) is 0 Å². The SMILES string of the molecule is CCCCCCCCCCCCCCCCCCCCCCCCCCCCC(=O)OCC(COC(=O)CCCCCCCCCCCCCC)OC(=O)CCCCCCCCCCCCCCCCCCCCCC. The maximum atomic E-state index is 12.9. The maximum Gasteiger partial charge on any atom is 0.306 e. The standard InChI is InChI=1S/C70H136O6/c1-4-7-10-13-16-19-22-25-27-29-31-33-34-35-36-37-38-40-41-43-45-48-51-54-57-60-63-69(72)75-66-67(65-74-68(71)62-59-56-53-50-47-24-21-18-15-12-9-6-3)76-70(73)64-61-58-55-52-49-46-44-42-39-32-30-28-26-23-20-17-14-11-8-5-2/h67H,4-66H2,1-3H3. The number of hydrogen-bond donors (Lipinski definition) is 0. The molecule has 0 aromatic rings. The van der Waals surface area contributed by atoms with Crippen LogP contribution in [0.4, 0.5) is 0 Å². The molecule has 6 nitrogen and oxygen atoms in total. The normalized spacial score (nSPS) is 11.9. The highest BCUT2D eigenvalue weighted by molar-refractivity contribution is 5.71. The summed E-state index contributed by atoms with van der Waals surface area (Å²) in [5.41, 5.74) is 0. The van der Waals surface area contributed by atoms with Crippen LogP contribution in [-0.2, 0) is 28.6 Å². The van der Waals surface area contributed by atoms with Gasteiger partial charge in [-0.2, -0.15) is 0 Å². The Balaban J connectivity index is 4.15. The minimum Gasteiger partial charge on any atom is -0.462 e. The van der Waals surface area contributed by atoms with Crippen molar-refractivity contribution in [2.75, 3.05) is 13.2 Å². The molecular formula is C70H136O6. The van der Waals surface area contributed by atoms with Gasteiger partial charge in [0.15, 0.2) is 6.10 Å². The topological polar surface area (TPSA) is 78.9 Å². The van der Waals surface area contributed by atoms with Crippen LogP contribution in [0.5, 0.6) is 0 Å². The first-order chi connectivity index (χ1) is 37.5. The smallest absolute Gasteiger partial charge is 0.306 e. The molecule has 6 heteroatoms. The van der Waals surface area contributed by atoms with Crippen molar-refractivity contribution in [2.45, 2.75) is 419 Å². The number of ether oxygens (including phenoxy) is 3. The first kappa shape index (κ1) is 74.4. The van der Waals surface area contributed by atoms with E-state index in [9.17, 15) is 14.4 Å². The van der Waals surface area contributed by atoms with Crippen molar-refractivity contribution < 1.29 is 28.6 Å². The van der Waals surface area contributed by atoms with Gasteiger partial charge in [-0.1, -0.05) is 374 Å². The zero-order valence-corrected chi connectivity index (χ0v) is 52.1. The highest BCUT2D eigenvalue weighted by atomic mass is 16.6. The zero-order chi connectivity index (χ0) is 55.0. The third-order valence-corrected chi connectivity index (χ3v) is 16.4. The quantitative estimate of drug-likeness (QED) is 0.0343. The lowest BCUT2D eigenvalue weighted by atomic mass is 10.0. The molecule has 0 aliphatic rings. The summed E-state index contributed by atoms with van der Waals surface area (Å²) in [5.74, 6) is -0.822. The molecular weight excluding hydrogens is 937 g/mol. The van der Waals surface area contributed by atoms with Crippen molar-refractivity contribution in [2.24, 2.45) is 0 Å². The first-order valence-electron chi connectivity index (χ1n) is 35.0. The second-order valence-corrected chi connectivity index (χ2v) is 24.2. The summed E-state index contributed by atoms with van der Waals surface area (Å²) in [4.78, 5) is 38.4. The Hall–Kier alpha value is -1.59. The fourth-order valence-electron chi connectivity index (χ4n) is 11.1. The largest absolute Gasteiger partial charge is 0.462 e. The van der Waals surface area contributed by atoms with Crippen LogP contribution in [0.15, 0.2) is 0 Å². The predicted octanol–water partition coefficient (Wildman–Crippen LogP) is 23.8.